The van der Waals surface area contributed by atoms with Gasteiger partial charge in [-0.3, -0.25) is 4.79 Å². The molecule has 0 aliphatic rings. The van der Waals surface area contributed by atoms with Crippen molar-refractivity contribution in [3.8, 4) is 0 Å². The van der Waals surface area contributed by atoms with Crippen LogP contribution in [0.15, 0.2) is 54.9 Å². The van der Waals surface area contributed by atoms with Crippen LogP contribution in [0, 0.1) is 0 Å². The van der Waals surface area contributed by atoms with Crippen molar-refractivity contribution < 1.29 is 18.9 Å². The number of carbonyl (C=O) groups is 2. The molecule has 3 aromatic rings. The minimum absolute atomic E-state index is 0.0850. The molecule has 0 spiro atoms. The molecule has 116 valence electrons. The molecule has 5 heteroatoms. The van der Waals surface area contributed by atoms with Crippen LogP contribution in [0.2, 0.25) is 0 Å². The topological polar surface area (TPSA) is 63.0 Å². The van der Waals surface area contributed by atoms with Gasteiger partial charge in [-0.2, -0.15) is 4.57 Å². The normalized spacial score (nSPS) is 10.7. The fraction of sp³-hybridized carbons (Fsp3) is 0.167. The number of H-pyrrole nitrogens is 1. The van der Waals surface area contributed by atoms with Gasteiger partial charge >= 0.3 is 5.97 Å². The van der Waals surface area contributed by atoms with Crippen LogP contribution in [0.3, 0.4) is 0 Å². The van der Waals surface area contributed by atoms with Crippen molar-refractivity contribution in [1.82, 2.24) is 4.98 Å². The Morgan fingerprint density at radius 1 is 1.17 bits per heavy atom. The van der Waals surface area contributed by atoms with E-state index in [4.69, 9.17) is 4.74 Å². The van der Waals surface area contributed by atoms with Crippen LogP contribution in [-0.4, -0.2) is 23.3 Å². The lowest BCUT2D eigenvalue weighted by Crippen LogP contribution is -2.38. The molecule has 0 radical (unpaired) electrons. The highest BCUT2D eigenvalue weighted by Gasteiger charge is 2.17. The van der Waals surface area contributed by atoms with Crippen molar-refractivity contribution in [2.24, 2.45) is 0 Å². The van der Waals surface area contributed by atoms with E-state index in [0.717, 1.165) is 10.9 Å². The maximum atomic E-state index is 12.6. The van der Waals surface area contributed by atoms with Crippen LogP contribution < -0.4 is 4.57 Å². The highest BCUT2D eigenvalue weighted by molar-refractivity contribution is 6.09. The van der Waals surface area contributed by atoms with Crippen molar-refractivity contribution in [3.05, 3.63) is 66.1 Å². The van der Waals surface area contributed by atoms with Crippen LogP contribution in [0.5, 0.6) is 0 Å². The zero-order valence-corrected chi connectivity index (χ0v) is 12.8. The number of hydrogen-bond acceptors (Lipinski definition) is 3. The molecular formula is C18H17N2O3+. The Morgan fingerprint density at radius 2 is 2.00 bits per heavy atom. The molecule has 0 bridgehead atoms. The second-order valence-corrected chi connectivity index (χ2v) is 5.17. The molecule has 0 fully saturated rings. The van der Waals surface area contributed by atoms with E-state index in [2.05, 4.69) is 4.98 Å². The minimum atomic E-state index is -0.326. The Balaban J connectivity index is 1.85. The van der Waals surface area contributed by atoms with Gasteiger partial charge in [-0.05, 0) is 25.1 Å². The van der Waals surface area contributed by atoms with Crippen molar-refractivity contribution >= 4 is 22.7 Å². The summed E-state index contributed by atoms with van der Waals surface area (Å²) in [6.45, 7) is 2.19. The quantitative estimate of drug-likeness (QED) is 0.447. The third kappa shape index (κ3) is 3.29. The molecule has 0 aliphatic heterocycles. The summed E-state index contributed by atoms with van der Waals surface area (Å²) in [4.78, 5) is 27.3. The van der Waals surface area contributed by atoms with Gasteiger partial charge < -0.3 is 9.72 Å². The maximum Gasteiger partial charge on any atom is 0.372 e. The summed E-state index contributed by atoms with van der Waals surface area (Å²) in [5, 5.41) is 0.992. The van der Waals surface area contributed by atoms with E-state index in [1.54, 1.807) is 36.0 Å². The predicted octanol–water partition coefficient (Wildman–Crippen LogP) is 2.25. The van der Waals surface area contributed by atoms with Gasteiger partial charge in [0.25, 0.3) is 0 Å². The Morgan fingerprint density at radius 3 is 2.78 bits per heavy atom. The molecule has 0 saturated heterocycles. The van der Waals surface area contributed by atoms with E-state index in [1.807, 2.05) is 30.3 Å². The van der Waals surface area contributed by atoms with E-state index in [-0.39, 0.29) is 18.3 Å². The Hall–Kier alpha value is -2.95. The monoisotopic (exact) mass is 309 g/mol. The molecular weight excluding hydrogens is 292 g/mol. The van der Waals surface area contributed by atoms with E-state index in [0.29, 0.717) is 17.9 Å². The summed E-state index contributed by atoms with van der Waals surface area (Å²) in [6.07, 6.45) is 3.39. The first kappa shape index (κ1) is 15.0. The van der Waals surface area contributed by atoms with Crippen molar-refractivity contribution in [1.29, 1.82) is 0 Å². The lowest BCUT2D eigenvalue weighted by Gasteiger charge is -2.00. The molecule has 3 rings (SSSR count). The second kappa shape index (κ2) is 6.44. The molecule has 0 atom stereocenters. The first-order chi connectivity index (χ1) is 11.2. The maximum absolute atomic E-state index is 12.6. The van der Waals surface area contributed by atoms with Gasteiger partial charge in [-0.25, -0.2) is 4.79 Å². The van der Waals surface area contributed by atoms with Crippen molar-refractivity contribution in [3.63, 3.8) is 0 Å². The molecule has 0 saturated carbocycles. The van der Waals surface area contributed by atoms with E-state index in [1.165, 1.54) is 0 Å². The van der Waals surface area contributed by atoms with Gasteiger partial charge in [0.1, 0.15) is 0 Å². The largest absolute Gasteiger partial charge is 0.461 e. The fourth-order valence-electron chi connectivity index (χ4n) is 2.46. The molecule has 0 amide bonds. The summed E-state index contributed by atoms with van der Waals surface area (Å²) in [6, 6.07) is 13.0. The number of carbonyl (C=O) groups excluding carboxylic acids is 2. The molecule has 0 unspecified atom stereocenters. The van der Waals surface area contributed by atoms with Gasteiger partial charge in [-0.1, -0.05) is 18.2 Å². The average Bonchev–Trinajstić information content (AvgIpc) is 2.98. The Bertz CT molecular complexity index is 834. The molecule has 23 heavy (non-hydrogen) atoms. The number of esters is 1. The third-order valence-corrected chi connectivity index (χ3v) is 3.51. The van der Waals surface area contributed by atoms with Crippen LogP contribution >= 0.6 is 0 Å². The van der Waals surface area contributed by atoms with E-state index >= 15 is 0 Å². The highest BCUT2D eigenvalue weighted by Crippen LogP contribution is 2.16. The van der Waals surface area contributed by atoms with Gasteiger partial charge in [0.2, 0.25) is 12.3 Å². The highest BCUT2D eigenvalue weighted by atomic mass is 16.5. The number of pyridine rings is 1. The number of para-hydroxylation sites is 1. The number of ether oxygens (including phenoxy) is 1. The number of hydrogen-bond donors (Lipinski definition) is 1. The minimum Gasteiger partial charge on any atom is -0.461 e. The number of nitrogens with zero attached hydrogens (tertiary/aromatic N) is 1. The number of nitrogens with one attached hydrogen (secondary N) is 1. The molecule has 1 N–H and O–H groups in total. The molecule has 5 nitrogen and oxygen atoms in total. The summed E-state index contributed by atoms with van der Waals surface area (Å²) >= 11 is 0. The van der Waals surface area contributed by atoms with Gasteiger partial charge in [-0.15, -0.1) is 0 Å². The van der Waals surface area contributed by atoms with Gasteiger partial charge in [0.15, 0.2) is 12.4 Å². The number of rotatable bonds is 5. The smallest absolute Gasteiger partial charge is 0.372 e. The summed E-state index contributed by atoms with van der Waals surface area (Å²) in [7, 11) is 0. The van der Waals surface area contributed by atoms with Crippen LogP contribution in [0.1, 0.15) is 23.0 Å². The Kier molecular flexibility index (Phi) is 4.19. The van der Waals surface area contributed by atoms with Crippen molar-refractivity contribution in [2.75, 3.05) is 6.61 Å². The first-order valence-electron chi connectivity index (χ1n) is 7.44. The number of benzene rings is 1. The zero-order chi connectivity index (χ0) is 16.2. The predicted molar refractivity (Wildman–Crippen MR) is 85.0 cm³/mol. The number of aromatic amines is 1. The molecule has 1 aromatic carbocycles. The summed E-state index contributed by atoms with van der Waals surface area (Å²) < 4.78 is 6.57. The van der Waals surface area contributed by atoms with Crippen molar-refractivity contribution in [2.45, 2.75) is 13.5 Å². The number of aromatic nitrogens is 2. The van der Waals surface area contributed by atoms with E-state index < -0.39 is 0 Å². The lowest BCUT2D eigenvalue weighted by molar-refractivity contribution is -0.686. The average molecular weight is 309 g/mol. The summed E-state index contributed by atoms with van der Waals surface area (Å²) in [5.74, 6) is -0.438. The molecule has 0 aliphatic carbocycles. The Labute approximate surface area is 133 Å². The second-order valence-electron chi connectivity index (χ2n) is 5.17. The number of fused-ring (bicyclic) bond motifs is 1. The number of ketones is 1. The first-order valence-corrected chi connectivity index (χ1v) is 7.44. The zero-order valence-electron chi connectivity index (χ0n) is 12.8. The van der Waals surface area contributed by atoms with E-state index in [9.17, 15) is 9.59 Å². The van der Waals surface area contributed by atoms with Crippen LogP contribution in [0.4, 0.5) is 0 Å². The SMILES string of the molecule is CCOC(=O)C[n+]1cccc(C(=O)c2cc3ccccc3[nH]2)c1. The van der Waals surface area contributed by atoms with Crippen LogP contribution in [0.25, 0.3) is 10.9 Å². The standard InChI is InChI=1S/C18H16N2O3/c1-2-23-17(21)12-20-9-5-7-14(11-20)18(22)16-10-13-6-3-4-8-15(13)19-16/h3-11H,2,12H2,1H3/p+1. The fourth-order valence-corrected chi connectivity index (χ4v) is 2.46. The summed E-state index contributed by atoms with van der Waals surface area (Å²) in [5.41, 5.74) is 1.97. The van der Waals surface area contributed by atoms with Crippen LogP contribution in [-0.2, 0) is 16.1 Å². The van der Waals surface area contributed by atoms with Gasteiger partial charge in [0.05, 0.1) is 17.9 Å². The molecule has 2 heterocycles. The van der Waals surface area contributed by atoms with Gasteiger partial charge in [0, 0.05) is 17.0 Å². The third-order valence-electron chi connectivity index (χ3n) is 3.51. The molecule has 2 aromatic heterocycles. The lowest BCUT2D eigenvalue weighted by atomic mass is 10.1.